The van der Waals surface area contributed by atoms with Gasteiger partial charge in [-0.05, 0) is 74.3 Å². The number of rotatable bonds is 9. The molecule has 2 aromatic carbocycles. The maximum Gasteiger partial charge on any atom is 0.295 e. The van der Waals surface area contributed by atoms with Crippen LogP contribution in [0.25, 0.3) is 5.76 Å². The lowest BCUT2D eigenvalue weighted by Gasteiger charge is -2.27. The first kappa shape index (κ1) is 23.8. The van der Waals surface area contributed by atoms with Crippen LogP contribution in [0.2, 0.25) is 0 Å². The van der Waals surface area contributed by atoms with Crippen molar-refractivity contribution in [2.75, 3.05) is 39.9 Å². The average Bonchev–Trinajstić information content (AvgIpc) is 3.48. The average molecular weight is 465 g/mol. The van der Waals surface area contributed by atoms with Crippen LogP contribution in [0, 0.1) is 0 Å². The summed E-state index contributed by atoms with van der Waals surface area (Å²) in [5.41, 5.74) is 1.30. The fourth-order valence-corrected chi connectivity index (χ4v) is 4.61. The molecule has 0 aliphatic carbocycles. The van der Waals surface area contributed by atoms with E-state index in [1.54, 1.807) is 36.3 Å². The Morgan fingerprint density at radius 2 is 1.76 bits per heavy atom. The first-order valence-corrected chi connectivity index (χ1v) is 11.9. The van der Waals surface area contributed by atoms with Crippen molar-refractivity contribution in [3.8, 4) is 11.5 Å². The minimum absolute atomic E-state index is 0.101. The molecule has 4 rings (SSSR count). The number of carbonyl (C=O) groups excluding carboxylic acids is 2. The van der Waals surface area contributed by atoms with Crippen LogP contribution in [0.4, 0.5) is 0 Å². The molecule has 7 heteroatoms. The van der Waals surface area contributed by atoms with Gasteiger partial charge in [0.05, 0.1) is 25.3 Å². The first-order chi connectivity index (χ1) is 16.5. The second kappa shape index (κ2) is 10.7. The molecule has 1 N–H and O–H groups in total. The molecule has 0 aromatic heterocycles. The summed E-state index contributed by atoms with van der Waals surface area (Å²) >= 11 is 0. The van der Waals surface area contributed by atoms with Crippen molar-refractivity contribution in [1.82, 2.24) is 9.80 Å². The Bertz CT molecular complexity index is 1060. The molecule has 2 saturated heterocycles. The number of ketones is 1. The predicted octanol–water partition coefficient (Wildman–Crippen LogP) is 4.00. The van der Waals surface area contributed by atoms with Crippen molar-refractivity contribution >= 4 is 17.4 Å². The molecule has 1 unspecified atom stereocenters. The Hall–Kier alpha value is -3.32. The number of aliphatic hydroxyl groups is 1. The molecule has 180 valence electrons. The molecule has 7 nitrogen and oxygen atoms in total. The van der Waals surface area contributed by atoms with Crippen LogP contribution in [0.5, 0.6) is 11.5 Å². The summed E-state index contributed by atoms with van der Waals surface area (Å²) in [7, 11) is 1.56. The van der Waals surface area contributed by atoms with Crippen LogP contribution >= 0.6 is 0 Å². The zero-order valence-electron chi connectivity index (χ0n) is 19.8. The van der Waals surface area contributed by atoms with E-state index in [-0.39, 0.29) is 11.3 Å². The Morgan fingerprint density at radius 3 is 2.44 bits per heavy atom. The number of carbonyl (C=O) groups is 2. The van der Waals surface area contributed by atoms with E-state index in [9.17, 15) is 14.7 Å². The fraction of sp³-hybridized carbons (Fsp3) is 0.407. The molecular weight excluding hydrogens is 432 g/mol. The van der Waals surface area contributed by atoms with Gasteiger partial charge in [-0.15, -0.1) is 0 Å². The summed E-state index contributed by atoms with van der Waals surface area (Å²) in [6, 6.07) is 13.6. The third kappa shape index (κ3) is 4.94. The Morgan fingerprint density at radius 1 is 1.03 bits per heavy atom. The zero-order valence-corrected chi connectivity index (χ0v) is 19.8. The van der Waals surface area contributed by atoms with Gasteiger partial charge < -0.3 is 24.4 Å². The molecule has 2 heterocycles. The largest absolute Gasteiger partial charge is 0.507 e. The number of benzene rings is 2. The molecule has 0 bridgehead atoms. The summed E-state index contributed by atoms with van der Waals surface area (Å²) < 4.78 is 11.0. The molecule has 2 aliphatic rings. The standard InChI is InChI=1S/C27H32N2O5/c1-3-17-34-22-8-6-7-20(18-22)24-23(25(30)19-9-11-21(33-2)12-10-19)26(31)27(32)29(24)16-15-28-13-4-5-14-28/h6-12,18,24,30H,3-5,13-17H2,1-2H3/b25-23+. The Labute approximate surface area is 200 Å². The van der Waals surface area contributed by atoms with Gasteiger partial charge in [0.15, 0.2) is 0 Å². The van der Waals surface area contributed by atoms with E-state index in [0.717, 1.165) is 37.9 Å². The van der Waals surface area contributed by atoms with Crippen molar-refractivity contribution in [1.29, 1.82) is 0 Å². The molecule has 2 aliphatic heterocycles. The number of likely N-dealkylation sites (tertiary alicyclic amines) is 2. The minimum atomic E-state index is -0.685. The highest BCUT2D eigenvalue weighted by atomic mass is 16.5. The van der Waals surface area contributed by atoms with Crippen molar-refractivity contribution in [3.05, 3.63) is 65.2 Å². The molecule has 1 amide bonds. The first-order valence-electron chi connectivity index (χ1n) is 11.9. The second-order valence-electron chi connectivity index (χ2n) is 8.69. The number of hydrogen-bond donors (Lipinski definition) is 1. The van der Waals surface area contributed by atoms with Crippen molar-refractivity contribution < 1.29 is 24.2 Å². The minimum Gasteiger partial charge on any atom is -0.507 e. The van der Waals surface area contributed by atoms with Gasteiger partial charge in [-0.1, -0.05) is 19.1 Å². The highest BCUT2D eigenvalue weighted by molar-refractivity contribution is 6.46. The van der Waals surface area contributed by atoms with Gasteiger partial charge in [-0.25, -0.2) is 0 Å². The number of aliphatic hydroxyl groups excluding tert-OH is 1. The van der Waals surface area contributed by atoms with Crippen molar-refractivity contribution in [3.63, 3.8) is 0 Å². The number of ether oxygens (including phenoxy) is 2. The highest BCUT2D eigenvalue weighted by Gasteiger charge is 2.46. The quantitative estimate of drug-likeness (QED) is 0.343. The topological polar surface area (TPSA) is 79.3 Å². The van der Waals surface area contributed by atoms with E-state index in [1.165, 1.54) is 0 Å². The molecule has 34 heavy (non-hydrogen) atoms. The maximum absolute atomic E-state index is 13.2. The number of nitrogens with zero attached hydrogens (tertiary/aromatic N) is 2. The van der Waals surface area contributed by atoms with Crippen LogP contribution in [-0.4, -0.2) is 66.5 Å². The smallest absolute Gasteiger partial charge is 0.295 e. The SMILES string of the molecule is CCCOc1cccc(C2/C(=C(\O)c3ccc(OC)cc3)C(=O)C(=O)N2CCN2CCCC2)c1. The van der Waals surface area contributed by atoms with E-state index in [4.69, 9.17) is 9.47 Å². The molecular formula is C27H32N2O5. The van der Waals surface area contributed by atoms with Gasteiger partial charge in [0, 0.05) is 18.7 Å². The molecule has 0 spiro atoms. The lowest BCUT2D eigenvalue weighted by atomic mass is 9.95. The summed E-state index contributed by atoms with van der Waals surface area (Å²) in [6.07, 6.45) is 3.17. The van der Waals surface area contributed by atoms with Gasteiger partial charge >= 0.3 is 0 Å². The lowest BCUT2D eigenvalue weighted by molar-refractivity contribution is -0.140. The van der Waals surface area contributed by atoms with Gasteiger partial charge in [0.2, 0.25) is 0 Å². The lowest BCUT2D eigenvalue weighted by Crippen LogP contribution is -2.37. The second-order valence-corrected chi connectivity index (χ2v) is 8.69. The van der Waals surface area contributed by atoms with Gasteiger partial charge in [-0.2, -0.15) is 0 Å². The summed E-state index contributed by atoms with van der Waals surface area (Å²) in [5, 5.41) is 11.2. The summed E-state index contributed by atoms with van der Waals surface area (Å²) in [5.74, 6) is -0.123. The van der Waals surface area contributed by atoms with E-state index >= 15 is 0 Å². The molecule has 1 atom stereocenters. The third-order valence-corrected chi connectivity index (χ3v) is 6.41. The normalized spacial score (nSPS) is 20.2. The van der Waals surface area contributed by atoms with E-state index < -0.39 is 17.7 Å². The zero-order chi connectivity index (χ0) is 24.1. The fourth-order valence-electron chi connectivity index (χ4n) is 4.61. The van der Waals surface area contributed by atoms with Crippen LogP contribution < -0.4 is 9.47 Å². The highest BCUT2D eigenvalue weighted by Crippen LogP contribution is 2.40. The van der Waals surface area contributed by atoms with Crippen LogP contribution in [0.1, 0.15) is 43.4 Å². The molecule has 2 fully saturated rings. The van der Waals surface area contributed by atoms with Gasteiger partial charge in [-0.3, -0.25) is 9.59 Å². The van der Waals surface area contributed by atoms with Crippen molar-refractivity contribution in [2.45, 2.75) is 32.2 Å². The molecule has 2 aromatic rings. The molecule has 0 radical (unpaired) electrons. The third-order valence-electron chi connectivity index (χ3n) is 6.41. The summed E-state index contributed by atoms with van der Waals surface area (Å²) in [4.78, 5) is 30.3. The van der Waals surface area contributed by atoms with E-state index in [0.29, 0.717) is 36.8 Å². The van der Waals surface area contributed by atoms with Gasteiger partial charge in [0.25, 0.3) is 11.7 Å². The maximum atomic E-state index is 13.2. The van der Waals surface area contributed by atoms with E-state index in [2.05, 4.69) is 4.90 Å². The van der Waals surface area contributed by atoms with Gasteiger partial charge in [0.1, 0.15) is 17.3 Å². The number of methoxy groups -OCH3 is 1. The molecule has 0 saturated carbocycles. The van der Waals surface area contributed by atoms with Crippen LogP contribution in [-0.2, 0) is 9.59 Å². The number of hydrogen-bond acceptors (Lipinski definition) is 6. The Kier molecular flexibility index (Phi) is 7.53. The monoisotopic (exact) mass is 464 g/mol. The number of Topliss-reactive ketones (excluding diaryl/α,β-unsaturated/α-hetero) is 1. The Balaban J connectivity index is 1.74. The predicted molar refractivity (Wildman–Crippen MR) is 130 cm³/mol. The summed E-state index contributed by atoms with van der Waals surface area (Å²) in [6.45, 7) is 5.71. The van der Waals surface area contributed by atoms with Crippen LogP contribution in [0.3, 0.4) is 0 Å². The van der Waals surface area contributed by atoms with Crippen molar-refractivity contribution in [2.24, 2.45) is 0 Å². The van der Waals surface area contributed by atoms with E-state index in [1.807, 2.05) is 31.2 Å². The van der Waals surface area contributed by atoms with Crippen LogP contribution in [0.15, 0.2) is 54.1 Å². The number of amides is 1.